The van der Waals surface area contributed by atoms with Crippen molar-refractivity contribution in [3.63, 3.8) is 0 Å². The van der Waals surface area contributed by atoms with Gasteiger partial charge in [0.2, 0.25) is 5.91 Å². The molecule has 7 heteroatoms. The number of rotatable bonds is 7. The normalized spacial score (nSPS) is 15.5. The van der Waals surface area contributed by atoms with Crippen molar-refractivity contribution >= 4 is 35.8 Å². The first-order valence-corrected chi connectivity index (χ1v) is 8.62. The molecule has 0 aromatic carbocycles. The molecule has 1 aromatic heterocycles. The van der Waals surface area contributed by atoms with Gasteiger partial charge in [-0.25, -0.2) is 4.99 Å². The maximum Gasteiger partial charge on any atom is 0.242 e. The first kappa shape index (κ1) is 20.8. The van der Waals surface area contributed by atoms with Gasteiger partial charge in [-0.3, -0.25) is 4.79 Å². The van der Waals surface area contributed by atoms with E-state index in [1.807, 2.05) is 19.1 Å². The van der Waals surface area contributed by atoms with E-state index >= 15 is 0 Å². The maximum absolute atomic E-state index is 12.0. The van der Waals surface area contributed by atoms with Crippen LogP contribution < -0.4 is 16.0 Å². The van der Waals surface area contributed by atoms with Crippen LogP contribution in [0.15, 0.2) is 27.8 Å². The molecule has 2 rings (SSSR count). The van der Waals surface area contributed by atoms with Crippen molar-refractivity contribution in [3.05, 3.63) is 24.2 Å². The van der Waals surface area contributed by atoms with Crippen LogP contribution in [0.25, 0.3) is 0 Å². The van der Waals surface area contributed by atoms with Gasteiger partial charge in [0.15, 0.2) is 5.96 Å². The second kappa shape index (κ2) is 12.2. The lowest BCUT2D eigenvalue weighted by atomic mass is 9.95. The number of carbonyl (C=O) groups excluding carboxylic acids is 1. The number of aliphatic imine (C=N–C) groups is 1. The molecule has 0 unspecified atom stereocenters. The summed E-state index contributed by atoms with van der Waals surface area (Å²) in [5, 5.41) is 9.45. The smallest absolute Gasteiger partial charge is 0.242 e. The molecule has 136 valence electrons. The summed E-state index contributed by atoms with van der Waals surface area (Å²) in [6.07, 6.45) is 8.36. The molecular formula is C17H29IN4O2. The lowest BCUT2D eigenvalue weighted by Crippen LogP contribution is -2.41. The molecule has 0 aliphatic heterocycles. The third-order valence-electron chi connectivity index (χ3n) is 3.94. The molecule has 0 spiro atoms. The van der Waals surface area contributed by atoms with Crippen molar-refractivity contribution < 1.29 is 9.21 Å². The molecule has 1 aliphatic carbocycles. The Morgan fingerprint density at radius 1 is 1.29 bits per heavy atom. The Hall–Kier alpha value is -1.25. The van der Waals surface area contributed by atoms with Crippen LogP contribution >= 0.6 is 24.0 Å². The molecule has 24 heavy (non-hydrogen) atoms. The molecule has 1 aliphatic rings. The van der Waals surface area contributed by atoms with Gasteiger partial charge in [0.05, 0.1) is 6.26 Å². The average molecular weight is 448 g/mol. The fraction of sp³-hybridized carbons (Fsp3) is 0.647. The Bertz CT molecular complexity index is 485. The zero-order valence-electron chi connectivity index (χ0n) is 14.3. The van der Waals surface area contributed by atoms with E-state index in [9.17, 15) is 4.79 Å². The number of halogens is 1. The molecule has 1 fully saturated rings. The van der Waals surface area contributed by atoms with Crippen molar-refractivity contribution in [3.8, 4) is 0 Å². The summed E-state index contributed by atoms with van der Waals surface area (Å²) in [4.78, 5) is 16.3. The quantitative estimate of drug-likeness (QED) is 0.340. The minimum absolute atomic E-state index is 0. The lowest BCUT2D eigenvalue weighted by molar-refractivity contribution is -0.120. The van der Waals surface area contributed by atoms with Crippen LogP contribution in [0, 0.1) is 0 Å². The van der Waals surface area contributed by atoms with Crippen LogP contribution in [0.5, 0.6) is 0 Å². The summed E-state index contributed by atoms with van der Waals surface area (Å²) in [5.74, 6) is 1.60. The largest absolute Gasteiger partial charge is 0.469 e. The SMILES string of the molecule is CCNC(=NCC(=O)NC1CCCCC1)NCCc1ccco1.I. The van der Waals surface area contributed by atoms with Gasteiger partial charge in [-0.1, -0.05) is 19.3 Å². The van der Waals surface area contributed by atoms with Gasteiger partial charge in [0.25, 0.3) is 0 Å². The Labute approximate surface area is 161 Å². The van der Waals surface area contributed by atoms with Crippen LogP contribution in [0.2, 0.25) is 0 Å². The van der Waals surface area contributed by atoms with Gasteiger partial charge in [-0.15, -0.1) is 24.0 Å². The van der Waals surface area contributed by atoms with Crippen molar-refractivity contribution in [2.45, 2.75) is 51.5 Å². The number of nitrogens with one attached hydrogen (secondary N) is 3. The number of carbonyl (C=O) groups is 1. The molecule has 0 atom stereocenters. The number of hydrogen-bond acceptors (Lipinski definition) is 3. The summed E-state index contributed by atoms with van der Waals surface area (Å²) in [5.41, 5.74) is 0. The van der Waals surface area contributed by atoms with Gasteiger partial charge >= 0.3 is 0 Å². The Morgan fingerprint density at radius 3 is 2.75 bits per heavy atom. The van der Waals surface area contributed by atoms with Gasteiger partial charge in [-0.2, -0.15) is 0 Å². The Balaban J connectivity index is 0.00000288. The van der Waals surface area contributed by atoms with Crippen molar-refractivity contribution in [1.82, 2.24) is 16.0 Å². The fourth-order valence-corrected chi connectivity index (χ4v) is 2.77. The van der Waals surface area contributed by atoms with E-state index in [1.54, 1.807) is 6.26 Å². The topological polar surface area (TPSA) is 78.7 Å². The van der Waals surface area contributed by atoms with Crippen LogP contribution in [-0.2, 0) is 11.2 Å². The lowest BCUT2D eigenvalue weighted by Gasteiger charge is -2.22. The van der Waals surface area contributed by atoms with Gasteiger partial charge in [0, 0.05) is 25.6 Å². The molecule has 0 radical (unpaired) electrons. The first-order valence-electron chi connectivity index (χ1n) is 8.62. The Kier molecular flexibility index (Phi) is 10.5. The monoisotopic (exact) mass is 448 g/mol. The molecule has 3 N–H and O–H groups in total. The zero-order valence-corrected chi connectivity index (χ0v) is 16.7. The van der Waals surface area contributed by atoms with E-state index in [2.05, 4.69) is 20.9 Å². The van der Waals surface area contributed by atoms with E-state index in [1.165, 1.54) is 19.3 Å². The highest BCUT2D eigenvalue weighted by atomic mass is 127. The summed E-state index contributed by atoms with van der Waals surface area (Å²) >= 11 is 0. The maximum atomic E-state index is 12.0. The van der Waals surface area contributed by atoms with Crippen LogP contribution in [0.4, 0.5) is 0 Å². The molecule has 6 nitrogen and oxygen atoms in total. The van der Waals surface area contributed by atoms with E-state index in [0.29, 0.717) is 18.5 Å². The number of guanidine groups is 1. The predicted molar refractivity (Wildman–Crippen MR) is 107 cm³/mol. The zero-order chi connectivity index (χ0) is 16.3. The molecule has 1 aromatic rings. The minimum Gasteiger partial charge on any atom is -0.469 e. The molecule has 1 heterocycles. The highest BCUT2D eigenvalue weighted by molar-refractivity contribution is 14.0. The highest BCUT2D eigenvalue weighted by Gasteiger charge is 2.15. The van der Waals surface area contributed by atoms with Crippen molar-refractivity contribution in [2.24, 2.45) is 4.99 Å². The second-order valence-electron chi connectivity index (χ2n) is 5.85. The van der Waals surface area contributed by atoms with Gasteiger partial charge < -0.3 is 20.4 Å². The molecule has 0 saturated heterocycles. The van der Waals surface area contributed by atoms with Crippen LogP contribution in [-0.4, -0.2) is 37.5 Å². The van der Waals surface area contributed by atoms with Crippen molar-refractivity contribution in [2.75, 3.05) is 19.6 Å². The van der Waals surface area contributed by atoms with Crippen LogP contribution in [0.1, 0.15) is 44.8 Å². The highest BCUT2D eigenvalue weighted by Crippen LogP contribution is 2.17. The van der Waals surface area contributed by atoms with Gasteiger partial charge in [0.1, 0.15) is 12.3 Å². The number of amides is 1. The summed E-state index contributed by atoms with van der Waals surface area (Å²) in [6, 6.07) is 4.16. The summed E-state index contributed by atoms with van der Waals surface area (Å²) < 4.78 is 5.29. The molecular weight excluding hydrogens is 419 g/mol. The predicted octanol–water partition coefficient (Wildman–Crippen LogP) is 2.44. The molecule has 1 amide bonds. The fourth-order valence-electron chi connectivity index (χ4n) is 2.77. The third kappa shape index (κ3) is 8.03. The van der Waals surface area contributed by atoms with E-state index in [0.717, 1.165) is 31.6 Å². The van der Waals surface area contributed by atoms with Crippen molar-refractivity contribution in [1.29, 1.82) is 0 Å². The van der Waals surface area contributed by atoms with E-state index in [-0.39, 0.29) is 36.4 Å². The number of furan rings is 1. The van der Waals surface area contributed by atoms with Gasteiger partial charge in [-0.05, 0) is 31.9 Å². The molecule has 1 saturated carbocycles. The van der Waals surface area contributed by atoms with E-state index in [4.69, 9.17) is 4.42 Å². The average Bonchev–Trinajstić information content (AvgIpc) is 3.07. The number of hydrogen-bond donors (Lipinski definition) is 3. The first-order chi connectivity index (χ1) is 11.3. The Morgan fingerprint density at radius 2 is 2.08 bits per heavy atom. The molecule has 0 bridgehead atoms. The minimum atomic E-state index is 0. The summed E-state index contributed by atoms with van der Waals surface area (Å²) in [6.45, 7) is 3.64. The van der Waals surface area contributed by atoms with Crippen LogP contribution in [0.3, 0.4) is 0 Å². The summed E-state index contributed by atoms with van der Waals surface area (Å²) in [7, 11) is 0. The third-order valence-corrected chi connectivity index (χ3v) is 3.94. The second-order valence-corrected chi connectivity index (χ2v) is 5.85. The number of nitrogens with zero attached hydrogens (tertiary/aromatic N) is 1. The standard InChI is InChI=1S/C17H28N4O2.HI/c1-2-18-17(19-11-10-15-9-6-12-23-15)20-13-16(22)21-14-7-4-3-5-8-14;/h6,9,12,14H,2-5,7-8,10-11,13H2,1H3,(H,21,22)(H2,18,19,20);1H. The van der Waals surface area contributed by atoms with E-state index < -0.39 is 0 Å².